The number of carbonyl (C=O) groups excluding carboxylic acids is 2. The van der Waals surface area contributed by atoms with E-state index < -0.39 is 0 Å². The van der Waals surface area contributed by atoms with Crippen molar-refractivity contribution < 1.29 is 9.59 Å². The highest BCUT2D eigenvalue weighted by molar-refractivity contribution is 7.98. The molecule has 1 aromatic carbocycles. The van der Waals surface area contributed by atoms with Crippen molar-refractivity contribution >= 4 is 29.3 Å². The Balaban J connectivity index is 1.32. The van der Waals surface area contributed by atoms with Gasteiger partial charge in [0.05, 0.1) is 5.41 Å². The maximum Gasteiger partial charge on any atom is 0.247 e. The Morgan fingerprint density at radius 1 is 1.11 bits per heavy atom. The maximum atomic E-state index is 13.7. The predicted octanol–water partition coefficient (Wildman–Crippen LogP) is 4.55. The summed E-state index contributed by atoms with van der Waals surface area (Å²) in [6, 6.07) is 7.63. The molecule has 0 aromatic heterocycles. The largest absolute Gasteiger partial charge is 0.330 e. The number of benzene rings is 1. The third kappa shape index (κ3) is 3.16. The highest BCUT2D eigenvalue weighted by Gasteiger charge is 2.56. The highest BCUT2D eigenvalue weighted by atomic mass is 32.2. The summed E-state index contributed by atoms with van der Waals surface area (Å²) in [5, 5.41) is 3.07. The Morgan fingerprint density at radius 3 is 2.43 bits per heavy atom. The van der Waals surface area contributed by atoms with E-state index in [2.05, 4.69) is 5.32 Å². The van der Waals surface area contributed by atoms with Gasteiger partial charge in [-0.25, -0.2) is 0 Å². The smallest absolute Gasteiger partial charge is 0.247 e. The SMILES string of the molecule is CSc1cccc(NC(=O)[C@@H]2CCCN2C(=O)C23CC4CC(CC(C4)C2)C3)c1. The number of rotatable bonds is 4. The standard InChI is InChI=1S/C23H30N2O2S/c1-28-19-5-2-4-18(11-19)24-21(26)20-6-3-7-25(20)22(27)23-12-15-8-16(13-23)10-17(9-15)14-23/h2,4-5,11,15-17,20H,3,6-10,12-14H2,1H3,(H,24,26)/t15?,16?,17?,20-,23?/m0/s1. The fourth-order valence-electron chi connectivity index (χ4n) is 6.89. The molecule has 4 saturated carbocycles. The molecule has 5 fully saturated rings. The number of hydrogen-bond acceptors (Lipinski definition) is 3. The molecule has 28 heavy (non-hydrogen) atoms. The first kappa shape index (κ1) is 18.5. The topological polar surface area (TPSA) is 49.4 Å². The zero-order chi connectivity index (χ0) is 19.3. The molecule has 0 spiro atoms. The van der Waals surface area contributed by atoms with Crippen LogP contribution >= 0.6 is 11.8 Å². The van der Waals surface area contributed by atoms with Crippen LogP contribution in [0.25, 0.3) is 0 Å². The quantitative estimate of drug-likeness (QED) is 0.757. The Bertz CT molecular complexity index is 757. The number of thioether (sulfide) groups is 1. The second-order valence-corrected chi connectivity index (χ2v) is 10.5. The third-order valence-corrected chi connectivity index (χ3v) is 8.37. The molecule has 1 aromatic rings. The van der Waals surface area contributed by atoms with Gasteiger partial charge in [0.15, 0.2) is 0 Å². The van der Waals surface area contributed by atoms with E-state index in [-0.39, 0.29) is 17.4 Å². The van der Waals surface area contributed by atoms with Gasteiger partial charge in [-0.3, -0.25) is 9.59 Å². The van der Waals surface area contributed by atoms with Crippen molar-refractivity contribution in [1.82, 2.24) is 4.90 Å². The van der Waals surface area contributed by atoms with E-state index in [1.807, 2.05) is 35.4 Å². The lowest BCUT2D eigenvalue weighted by atomic mass is 9.49. The van der Waals surface area contributed by atoms with E-state index in [0.29, 0.717) is 5.91 Å². The average molecular weight is 399 g/mol. The molecule has 1 N–H and O–H groups in total. The van der Waals surface area contributed by atoms with E-state index in [4.69, 9.17) is 0 Å². The van der Waals surface area contributed by atoms with Crippen molar-refractivity contribution in [1.29, 1.82) is 0 Å². The molecule has 6 rings (SSSR count). The molecule has 4 bridgehead atoms. The highest BCUT2D eigenvalue weighted by Crippen LogP contribution is 2.60. The summed E-state index contributed by atoms with van der Waals surface area (Å²) in [6.07, 6.45) is 11.0. The van der Waals surface area contributed by atoms with Crippen LogP contribution in [0.15, 0.2) is 29.2 Å². The molecule has 1 aliphatic heterocycles. The minimum absolute atomic E-state index is 0.0196. The van der Waals surface area contributed by atoms with Crippen LogP contribution in [0, 0.1) is 23.2 Å². The van der Waals surface area contributed by atoms with Gasteiger partial charge in [0.2, 0.25) is 11.8 Å². The number of nitrogens with zero attached hydrogens (tertiary/aromatic N) is 1. The normalized spacial score (nSPS) is 36.0. The summed E-state index contributed by atoms with van der Waals surface area (Å²) in [4.78, 5) is 29.8. The van der Waals surface area contributed by atoms with Crippen LogP contribution < -0.4 is 5.32 Å². The van der Waals surface area contributed by atoms with Crippen LogP contribution in [0.5, 0.6) is 0 Å². The van der Waals surface area contributed by atoms with Crippen LogP contribution in [-0.4, -0.2) is 35.6 Å². The zero-order valence-corrected chi connectivity index (χ0v) is 17.5. The van der Waals surface area contributed by atoms with E-state index in [1.165, 1.54) is 19.3 Å². The Hall–Kier alpha value is -1.49. The second kappa shape index (κ2) is 7.08. The first-order valence-corrected chi connectivity index (χ1v) is 12.0. The molecule has 1 heterocycles. The molecular weight excluding hydrogens is 368 g/mol. The van der Waals surface area contributed by atoms with Gasteiger partial charge >= 0.3 is 0 Å². The van der Waals surface area contributed by atoms with Crippen LogP contribution in [-0.2, 0) is 9.59 Å². The number of likely N-dealkylation sites (tertiary alicyclic amines) is 1. The molecule has 0 unspecified atom stereocenters. The summed E-state index contributed by atoms with van der Waals surface area (Å²) in [7, 11) is 0. The van der Waals surface area contributed by atoms with Crippen LogP contribution in [0.2, 0.25) is 0 Å². The minimum Gasteiger partial charge on any atom is -0.330 e. The lowest BCUT2D eigenvalue weighted by molar-refractivity contribution is -0.160. The van der Waals surface area contributed by atoms with Gasteiger partial charge in [-0.05, 0) is 93.6 Å². The van der Waals surface area contributed by atoms with Crippen molar-refractivity contribution in [3.05, 3.63) is 24.3 Å². The number of hydrogen-bond donors (Lipinski definition) is 1. The molecule has 5 heteroatoms. The zero-order valence-electron chi connectivity index (χ0n) is 16.7. The predicted molar refractivity (Wildman–Crippen MR) is 112 cm³/mol. The van der Waals surface area contributed by atoms with Crippen LogP contribution in [0.1, 0.15) is 51.4 Å². The second-order valence-electron chi connectivity index (χ2n) is 9.58. The van der Waals surface area contributed by atoms with Crippen molar-refractivity contribution in [3.63, 3.8) is 0 Å². The number of nitrogens with one attached hydrogen (secondary N) is 1. The monoisotopic (exact) mass is 398 g/mol. The van der Waals surface area contributed by atoms with E-state index in [1.54, 1.807) is 11.8 Å². The summed E-state index contributed by atoms with van der Waals surface area (Å²) < 4.78 is 0. The first-order chi connectivity index (χ1) is 13.6. The molecular formula is C23H30N2O2S. The van der Waals surface area contributed by atoms with E-state index in [0.717, 1.165) is 67.0 Å². The van der Waals surface area contributed by atoms with E-state index >= 15 is 0 Å². The van der Waals surface area contributed by atoms with Gasteiger partial charge in [0.25, 0.3) is 0 Å². The van der Waals surface area contributed by atoms with Gasteiger partial charge in [-0.1, -0.05) is 6.07 Å². The summed E-state index contributed by atoms with van der Waals surface area (Å²) in [6.45, 7) is 0.740. The van der Waals surface area contributed by atoms with Crippen LogP contribution in [0.3, 0.4) is 0 Å². The van der Waals surface area contributed by atoms with Crippen LogP contribution in [0.4, 0.5) is 5.69 Å². The number of carbonyl (C=O) groups is 2. The molecule has 4 aliphatic carbocycles. The summed E-state index contributed by atoms with van der Waals surface area (Å²) in [5.74, 6) is 2.52. The molecule has 1 saturated heterocycles. The number of amides is 2. The minimum atomic E-state index is -0.307. The third-order valence-electron chi connectivity index (χ3n) is 7.65. The van der Waals surface area contributed by atoms with Gasteiger partial charge in [0, 0.05) is 17.1 Å². The first-order valence-electron chi connectivity index (χ1n) is 10.8. The lowest BCUT2D eigenvalue weighted by Gasteiger charge is -2.56. The summed E-state index contributed by atoms with van der Waals surface area (Å²) in [5.41, 5.74) is 0.669. The average Bonchev–Trinajstić information content (AvgIpc) is 3.16. The Kier molecular flexibility index (Phi) is 4.69. The Morgan fingerprint density at radius 2 is 1.79 bits per heavy atom. The maximum absolute atomic E-state index is 13.7. The summed E-state index contributed by atoms with van der Waals surface area (Å²) >= 11 is 1.66. The lowest BCUT2D eigenvalue weighted by Crippen LogP contribution is -2.56. The molecule has 1 atom stereocenters. The van der Waals surface area contributed by atoms with Crippen molar-refractivity contribution in [3.8, 4) is 0 Å². The van der Waals surface area contributed by atoms with E-state index in [9.17, 15) is 9.59 Å². The molecule has 5 aliphatic rings. The van der Waals surface area contributed by atoms with Gasteiger partial charge in [0.1, 0.15) is 6.04 Å². The molecule has 0 radical (unpaired) electrons. The number of anilines is 1. The van der Waals surface area contributed by atoms with Gasteiger partial charge in [-0.2, -0.15) is 0 Å². The van der Waals surface area contributed by atoms with Crippen molar-refractivity contribution in [2.75, 3.05) is 18.1 Å². The molecule has 150 valence electrons. The fourth-order valence-corrected chi connectivity index (χ4v) is 7.35. The Labute approximate surface area is 171 Å². The van der Waals surface area contributed by atoms with Gasteiger partial charge in [-0.15, -0.1) is 11.8 Å². The fraction of sp³-hybridized carbons (Fsp3) is 0.652. The van der Waals surface area contributed by atoms with Crippen molar-refractivity contribution in [2.45, 2.75) is 62.3 Å². The molecule has 4 nitrogen and oxygen atoms in total. The molecule has 2 amide bonds. The van der Waals surface area contributed by atoms with Gasteiger partial charge < -0.3 is 10.2 Å². The van der Waals surface area contributed by atoms with Crippen molar-refractivity contribution in [2.24, 2.45) is 23.2 Å².